The Hall–Kier alpha value is 0.270. The zero-order chi connectivity index (χ0) is 7.14. The molecule has 0 saturated carbocycles. The lowest BCUT2D eigenvalue weighted by atomic mass is 10.2. The first-order valence-corrected chi connectivity index (χ1v) is 5.13. The zero-order valence-corrected chi connectivity index (χ0v) is 7.06. The van der Waals surface area contributed by atoms with Crippen molar-refractivity contribution in [1.82, 2.24) is 4.90 Å². The van der Waals surface area contributed by atoms with Gasteiger partial charge in [-0.1, -0.05) is 0 Å². The minimum absolute atomic E-state index is 0.481. The Kier molecular flexibility index (Phi) is 1.66. The second-order valence-electron chi connectivity index (χ2n) is 3.37. The van der Waals surface area contributed by atoms with Crippen LogP contribution in [-0.2, 0) is 11.2 Å². The van der Waals surface area contributed by atoms with Crippen LogP contribution in [-0.4, -0.2) is 40.1 Å². The van der Waals surface area contributed by atoms with E-state index in [-0.39, 0.29) is 0 Å². The molecular weight excluding hydrogens is 146 g/mol. The van der Waals surface area contributed by atoms with Crippen molar-refractivity contribution >= 4 is 11.2 Å². The van der Waals surface area contributed by atoms with Gasteiger partial charge in [-0.3, -0.25) is 4.90 Å². The molecule has 58 valence electrons. The number of rotatable bonds is 0. The summed E-state index contributed by atoms with van der Waals surface area (Å²) in [6.45, 7) is 2.12. The van der Waals surface area contributed by atoms with Gasteiger partial charge in [-0.25, -0.2) is 0 Å². The predicted molar refractivity (Wildman–Crippen MR) is 42.4 cm³/mol. The van der Waals surface area contributed by atoms with Gasteiger partial charge in [0.1, 0.15) is 10.5 Å². The van der Waals surface area contributed by atoms with Crippen LogP contribution in [0.15, 0.2) is 0 Å². The molecule has 2 bridgehead atoms. The summed E-state index contributed by atoms with van der Waals surface area (Å²) in [6.07, 6.45) is 2.39. The summed E-state index contributed by atoms with van der Waals surface area (Å²) < 4.78 is 11.4. The molecule has 2 aliphatic rings. The molecule has 0 aliphatic carbocycles. The third kappa shape index (κ3) is 0.966. The molecule has 0 amide bonds. The molecule has 2 unspecified atom stereocenters. The average molecular weight is 159 g/mol. The molecule has 0 N–H and O–H groups in total. The predicted octanol–water partition coefficient (Wildman–Crippen LogP) is 0.211. The first-order valence-electron chi connectivity index (χ1n) is 3.85. The van der Waals surface area contributed by atoms with Crippen LogP contribution in [0.2, 0.25) is 0 Å². The van der Waals surface area contributed by atoms with Crippen molar-refractivity contribution in [3.63, 3.8) is 0 Å². The van der Waals surface area contributed by atoms with Crippen molar-refractivity contribution in [2.45, 2.75) is 23.3 Å². The minimum atomic E-state index is -0.481. The van der Waals surface area contributed by atoms with Gasteiger partial charge < -0.3 is 4.55 Å². The lowest BCUT2D eigenvalue weighted by Crippen LogP contribution is -2.45. The van der Waals surface area contributed by atoms with Crippen LogP contribution in [0.25, 0.3) is 0 Å². The normalized spacial score (nSPS) is 48.0. The van der Waals surface area contributed by atoms with Gasteiger partial charge in [-0.2, -0.15) is 0 Å². The maximum atomic E-state index is 11.4. The summed E-state index contributed by atoms with van der Waals surface area (Å²) in [6, 6.07) is 0. The molecule has 2 fully saturated rings. The largest absolute Gasteiger partial charge is 0.616 e. The third-order valence-electron chi connectivity index (χ3n) is 2.50. The Bertz CT molecular complexity index is 128. The fourth-order valence-electron chi connectivity index (χ4n) is 1.98. The Morgan fingerprint density at radius 2 is 1.80 bits per heavy atom. The third-order valence-corrected chi connectivity index (χ3v) is 4.58. The van der Waals surface area contributed by atoms with E-state index >= 15 is 0 Å². The van der Waals surface area contributed by atoms with E-state index in [1.54, 1.807) is 0 Å². The Balaban J connectivity index is 2.09. The highest BCUT2D eigenvalue weighted by Gasteiger charge is 2.43. The van der Waals surface area contributed by atoms with Crippen LogP contribution in [0.1, 0.15) is 12.8 Å². The molecule has 0 radical (unpaired) electrons. The highest BCUT2D eigenvalue weighted by Crippen LogP contribution is 2.31. The van der Waals surface area contributed by atoms with Crippen LogP contribution in [0.5, 0.6) is 0 Å². The summed E-state index contributed by atoms with van der Waals surface area (Å²) in [5.41, 5.74) is 0. The van der Waals surface area contributed by atoms with Crippen molar-refractivity contribution in [2.75, 3.05) is 20.1 Å². The van der Waals surface area contributed by atoms with Crippen LogP contribution in [0.3, 0.4) is 0 Å². The van der Waals surface area contributed by atoms with Crippen LogP contribution < -0.4 is 0 Å². The summed E-state index contributed by atoms with van der Waals surface area (Å²) in [4.78, 5) is 2.31. The molecular formula is C7H13NOS. The zero-order valence-electron chi connectivity index (χ0n) is 6.25. The highest BCUT2D eigenvalue weighted by molar-refractivity contribution is 7.93. The van der Waals surface area contributed by atoms with E-state index in [0.717, 1.165) is 13.1 Å². The van der Waals surface area contributed by atoms with Crippen molar-refractivity contribution in [1.29, 1.82) is 0 Å². The standard InChI is InChI=1S/C7H13NOS/c1-8-4-6-2-3-7(5-8)10(6)9/h6-7H,2-5H2,1H3. The van der Waals surface area contributed by atoms with Gasteiger partial charge in [-0.05, 0) is 18.2 Å². The number of likely N-dealkylation sites (tertiary alicyclic amines) is 1. The fraction of sp³-hybridized carbons (Fsp3) is 1.00. The van der Waals surface area contributed by atoms with Crippen molar-refractivity contribution < 1.29 is 4.55 Å². The number of hydrogen-bond donors (Lipinski definition) is 0. The maximum absolute atomic E-state index is 11.4. The van der Waals surface area contributed by atoms with Crippen molar-refractivity contribution in [3.8, 4) is 0 Å². The molecule has 2 rings (SSSR count). The molecule has 0 aromatic rings. The van der Waals surface area contributed by atoms with E-state index in [4.69, 9.17) is 0 Å². The summed E-state index contributed by atoms with van der Waals surface area (Å²) in [5.74, 6) is 0. The second-order valence-corrected chi connectivity index (χ2v) is 5.36. The monoisotopic (exact) mass is 159 g/mol. The van der Waals surface area contributed by atoms with Crippen LogP contribution >= 0.6 is 0 Å². The van der Waals surface area contributed by atoms with Gasteiger partial charge in [0.05, 0.1) is 0 Å². The molecule has 2 saturated heterocycles. The average Bonchev–Trinajstić information content (AvgIpc) is 2.20. The molecule has 10 heavy (non-hydrogen) atoms. The van der Waals surface area contributed by atoms with E-state index in [9.17, 15) is 4.55 Å². The fourth-order valence-corrected chi connectivity index (χ4v) is 4.06. The van der Waals surface area contributed by atoms with Gasteiger partial charge in [0, 0.05) is 25.9 Å². The van der Waals surface area contributed by atoms with E-state index in [0.29, 0.717) is 10.5 Å². The van der Waals surface area contributed by atoms with E-state index in [1.807, 2.05) is 0 Å². The molecule has 2 atom stereocenters. The second kappa shape index (κ2) is 2.40. The topological polar surface area (TPSA) is 26.3 Å². The Labute approximate surface area is 64.8 Å². The first-order chi connectivity index (χ1) is 4.77. The Morgan fingerprint density at radius 1 is 1.30 bits per heavy atom. The lowest BCUT2D eigenvalue weighted by molar-refractivity contribution is 0.331. The van der Waals surface area contributed by atoms with Crippen molar-refractivity contribution in [3.05, 3.63) is 0 Å². The van der Waals surface area contributed by atoms with Gasteiger partial charge in [0.15, 0.2) is 0 Å². The lowest BCUT2D eigenvalue weighted by Gasteiger charge is -2.30. The van der Waals surface area contributed by atoms with E-state index < -0.39 is 11.2 Å². The molecule has 0 spiro atoms. The molecule has 2 heterocycles. The minimum Gasteiger partial charge on any atom is -0.616 e. The van der Waals surface area contributed by atoms with Gasteiger partial charge in [0.25, 0.3) is 0 Å². The SMILES string of the molecule is CN1CC2CCC(C1)[S+]2[O-]. The summed E-state index contributed by atoms with van der Waals surface area (Å²) >= 11 is -0.481. The number of fused-ring (bicyclic) bond motifs is 2. The van der Waals surface area contributed by atoms with E-state index in [1.165, 1.54) is 12.8 Å². The molecule has 0 aromatic carbocycles. The molecule has 0 aromatic heterocycles. The van der Waals surface area contributed by atoms with Gasteiger partial charge >= 0.3 is 0 Å². The van der Waals surface area contributed by atoms with E-state index in [2.05, 4.69) is 11.9 Å². The number of hydrogen-bond acceptors (Lipinski definition) is 2. The Morgan fingerprint density at radius 3 is 2.30 bits per heavy atom. The van der Waals surface area contributed by atoms with Gasteiger partial charge in [0.2, 0.25) is 0 Å². The molecule has 2 aliphatic heterocycles. The highest BCUT2D eigenvalue weighted by atomic mass is 32.2. The van der Waals surface area contributed by atoms with Crippen LogP contribution in [0.4, 0.5) is 0 Å². The van der Waals surface area contributed by atoms with Crippen LogP contribution in [0, 0.1) is 0 Å². The smallest absolute Gasteiger partial charge is 0.128 e. The first kappa shape index (κ1) is 6.95. The maximum Gasteiger partial charge on any atom is 0.128 e. The summed E-state index contributed by atoms with van der Waals surface area (Å²) in [5, 5.41) is 1.01. The molecule has 3 heteroatoms. The number of nitrogens with zero attached hydrogens (tertiary/aromatic N) is 1. The molecule has 2 nitrogen and oxygen atoms in total. The van der Waals surface area contributed by atoms with Crippen molar-refractivity contribution in [2.24, 2.45) is 0 Å². The summed E-state index contributed by atoms with van der Waals surface area (Å²) in [7, 11) is 2.13. The van der Waals surface area contributed by atoms with Gasteiger partial charge in [-0.15, -0.1) is 0 Å². The quantitative estimate of drug-likeness (QED) is 0.472.